The van der Waals surface area contributed by atoms with Gasteiger partial charge >= 0.3 is 6.09 Å². The quantitative estimate of drug-likeness (QED) is 0.709. The molecule has 0 radical (unpaired) electrons. The van der Waals surface area contributed by atoms with Crippen LogP contribution in [0.25, 0.3) is 0 Å². The monoisotopic (exact) mass is 378 g/mol. The minimum atomic E-state index is -0.510. The van der Waals surface area contributed by atoms with E-state index in [-0.39, 0.29) is 18.2 Å². The van der Waals surface area contributed by atoms with Crippen LogP contribution >= 0.6 is 0 Å². The van der Waals surface area contributed by atoms with Crippen LogP contribution in [0.1, 0.15) is 47.5 Å². The summed E-state index contributed by atoms with van der Waals surface area (Å²) in [7, 11) is 0. The number of carbonyl (C=O) groups excluding carboxylic acids is 1. The first-order valence-corrected chi connectivity index (χ1v) is 9.80. The molecular formula is C21H34N2O4. The molecule has 0 bridgehead atoms. The summed E-state index contributed by atoms with van der Waals surface area (Å²) in [5.41, 5.74) is 0.410. The van der Waals surface area contributed by atoms with Gasteiger partial charge in [0.25, 0.3) is 0 Å². The first-order valence-electron chi connectivity index (χ1n) is 9.80. The molecule has 1 saturated heterocycles. The van der Waals surface area contributed by atoms with E-state index in [1.165, 1.54) is 0 Å². The Hall–Kier alpha value is -1.95. The smallest absolute Gasteiger partial charge is 0.407 e. The topological polar surface area (TPSA) is 68.8 Å². The Kier molecular flexibility index (Phi) is 7.78. The van der Waals surface area contributed by atoms with Gasteiger partial charge in [0.2, 0.25) is 0 Å². The first-order chi connectivity index (χ1) is 12.7. The van der Waals surface area contributed by atoms with Crippen LogP contribution < -0.4 is 15.4 Å². The van der Waals surface area contributed by atoms with Crippen molar-refractivity contribution in [2.45, 2.75) is 65.2 Å². The lowest BCUT2D eigenvalue weighted by Crippen LogP contribution is -2.43. The van der Waals surface area contributed by atoms with Crippen molar-refractivity contribution in [3.8, 4) is 5.75 Å². The van der Waals surface area contributed by atoms with Crippen molar-refractivity contribution < 1.29 is 19.0 Å². The summed E-state index contributed by atoms with van der Waals surface area (Å²) >= 11 is 0. The fraction of sp³-hybridized carbons (Fsp3) is 0.667. The second-order valence-electron chi connectivity index (χ2n) is 8.45. The summed E-state index contributed by atoms with van der Waals surface area (Å²) in [5.74, 6) is 1.27. The molecule has 1 aliphatic rings. The fourth-order valence-electron chi connectivity index (χ4n) is 2.97. The minimum absolute atomic E-state index is 0.0391. The third-order valence-corrected chi connectivity index (χ3v) is 4.08. The lowest BCUT2D eigenvalue weighted by atomic mass is 10.0. The van der Waals surface area contributed by atoms with Gasteiger partial charge in [-0.05, 0) is 45.2 Å². The number of ether oxygens (including phenoxy) is 3. The van der Waals surface area contributed by atoms with Crippen molar-refractivity contribution in [3.63, 3.8) is 0 Å². The van der Waals surface area contributed by atoms with E-state index in [9.17, 15) is 4.79 Å². The summed E-state index contributed by atoms with van der Waals surface area (Å²) in [6.45, 7) is 11.8. The van der Waals surface area contributed by atoms with Gasteiger partial charge in [0.1, 0.15) is 17.5 Å². The maximum absolute atomic E-state index is 12.2. The molecule has 1 amide bonds. The predicted molar refractivity (Wildman–Crippen MR) is 107 cm³/mol. The van der Waals surface area contributed by atoms with Crippen LogP contribution in [-0.4, -0.2) is 43.6 Å². The van der Waals surface area contributed by atoms with Gasteiger partial charge in [0.05, 0.1) is 18.9 Å². The van der Waals surface area contributed by atoms with Crippen LogP contribution in [0.3, 0.4) is 0 Å². The molecule has 2 unspecified atom stereocenters. The van der Waals surface area contributed by atoms with Crippen LogP contribution in [0, 0.1) is 5.92 Å². The molecule has 2 N–H and O–H groups in total. The number of hydrogen-bond donors (Lipinski definition) is 2. The fourth-order valence-corrected chi connectivity index (χ4v) is 2.97. The van der Waals surface area contributed by atoms with Gasteiger partial charge in [-0.3, -0.25) is 0 Å². The zero-order valence-corrected chi connectivity index (χ0v) is 17.2. The van der Waals surface area contributed by atoms with E-state index >= 15 is 0 Å². The van der Waals surface area contributed by atoms with Crippen LogP contribution in [0.4, 0.5) is 10.5 Å². The lowest BCUT2D eigenvalue weighted by molar-refractivity contribution is 0.0502. The molecule has 1 fully saturated rings. The Labute approximate surface area is 163 Å². The molecule has 1 heterocycles. The number of anilines is 1. The highest BCUT2D eigenvalue weighted by Gasteiger charge is 2.21. The van der Waals surface area contributed by atoms with Crippen molar-refractivity contribution in [2.24, 2.45) is 5.92 Å². The summed E-state index contributed by atoms with van der Waals surface area (Å²) in [5, 5.41) is 6.41. The standard InChI is InChI=1S/C21H34N2O4/c1-15(2)12-16(23-20(24)27-21(3,4)5)13-22-18-8-6-7-9-19(18)26-17-10-11-25-14-17/h6-9,15-17,22H,10-14H2,1-5H3,(H,23,24). The maximum atomic E-state index is 12.2. The molecule has 27 heavy (non-hydrogen) atoms. The van der Waals surface area contributed by atoms with E-state index in [0.717, 1.165) is 30.9 Å². The van der Waals surface area contributed by atoms with Gasteiger partial charge in [-0.2, -0.15) is 0 Å². The lowest BCUT2D eigenvalue weighted by Gasteiger charge is -2.25. The summed E-state index contributed by atoms with van der Waals surface area (Å²) in [4.78, 5) is 12.2. The van der Waals surface area contributed by atoms with Gasteiger partial charge in [-0.25, -0.2) is 4.79 Å². The Balaban J connectivity index is 1.96. The van der Waals surface area contributed by atoms with Crippen molar-refractivity contribution in [1.82, 2.24) is 5.32 Å². The molecule has 0 aliphatic carbocycles. The first kappa shape index (κ1) is 21.4. The molecule has 2 rings (SSSR count). The SMILES string of the molecule is CC(C)CC(CNc1ccccc1OC1CCOC1)NC(=O)OC(C)(C)C. The van der Waals surface area contributed by atoms with E-state index in [0.29, 0.717) is 19.1 Å². The third-order valence-electron chi connectivity index (χ3n) is 4.08. The highest BCUT2D eigenvalue weighted by atomic mass is 16.6. The highest BCUT2D eigenvalue weighted by molar-refractivity contribution is 5.68. The van der Waals surface area contributed by atoms with Crippen LogP contribution in [0.2, 0.25) is 0 Å². The third kappa shape index (κ3) is 8.08. The zero-order valence-electron chi connectivity index (χ0n) is 17.2. The van der Waals surface area contributed by atoms with Gasteiger partial charge in [0.15, 0.2) is 0 Å². The Bertz CT molecular complexity index is 592. The van der Waals surface area contributed by atoms with E-state index in [1.807, 2.05) is 45.0 Å². The number of amides is 1. The van der Waals surface area contributed by atoms with Crippen LogP contribution in [0.5, 0.6) is 5.75 Å². The van der Waals surface area contributed by atoms with Gasteiger partial charge < -0.3 is 24.8 Å². The second-order valence-corrected chi connectivity index (χ2v) is 8.45. The van der Waals surface area contributed by atoms with Crippen molar-refractivity contribution in [3.05, 3.63) is 24.3 Å². The molecule has 1 aromatic rings. The van der Waals surface area contributed by atoms with Crippen molar-refractivity contribution >= 4 is 11.8 Å². The largest absolute Gasteiger partial charge is 0.486 e. The van der Waals surface area contributed by atoms with Gasteiger partial charge in [-0.1, -0.05) is 26.0 Å². The summed E-state index contributed by atoms with van der Waals surface area (Å²) < 4.78 is 16.9. The molecular weight excluding hydrogens is 344 g/mol. The normalized spacial score (nSPS) is 18.2. The van der Waals surface area contributed by atoms with Gasteiger partial charge in [0, 0.05) is 19.0 Å². The number of hydrogen-bond acceptors (Lipinski definition) is 5. The summed E-state index contributed by atoms with van der Waals surface area (Å²) in [6.07, 6.45) is 1.47. The molecule has 1 aromatic carbocycles. The molecule has 0 saturated carbocycles. The van der Waals surface area contributed by atoms with E-state index in [4.69, 9.17) is 14.2 Å². The maximum Gasteiger partial charge on any atom is 0.407 e. The number of benzene rings is 1. The van der Waals surface area contributed by atoms with Crippen molar-refractivity contribution in [2.75, 3.05) is 25.1 Å². The Morgan fingerprint density at radius 2 is 2.04 bits per heavy atom. The van der Waals surface area contributed by atoms with Crippen molar-refractivity contribution in [1.29, 1.82) is 0 Å². The second kappa shape index (κ2) is 9.83. The molecule has 0 aromatic heterocycles. The predicted octanol–water partition coefficient (Wildman–Crippen LogP) is 4.21. The average Bonchev–Trinajstić information content (AvgIpc) is 3.04. The zero-order chi connectivity index (χ0) is 19.9. The Morgan fingerprint density at radius 3 is 2.67 bits per heavy atom. The summed E-state index contributed by atoms with van der Waals surface area (Å²) in [6, 6.07) is 7.84. The van der Waals surface area contributed by atoms with Gasteiger partial charge in [-0.15, -0.1) is 0 Å². The number of nitrogens with one attached hydrogen (secondary N) is 2. The molecule has 6 heteroatoms. The van der Waals surface area contributed by atoms with E-state index in [1.54, 1.807) is 0 Å². The Morgan fingerprint density at radius 1 is 1.30 bits per heavy atom. The minimum Gasteiger partial charge on any atom is -0.486 e. The molecule has 152 valence electrons. The molecule has 0 spiro atoms. The molecule has 2 atom stereocenters. The number of alkyl carbamates (subject to hydrolysis) is 1. The number of carbonyl (C=O) groups is 1. The molecule has 6 nitrogen and oxygen atoms in total. The van der Waals surface area contributed by atoms with Crippen LogP contribution in [0.15, 0.2) is 24.3 Å². The molecule has 1 aliphatic heterocycles. The average molecular weight is 379 g/mol. The van der Waals surface area contributed by atoms with E-state index < -0.39 is 5.60 Å². The highest BCUT2D eigenvalue weighted by Crippen LogP contribution is 2.26. The van der Waals surface area contributed by atoms with Crippen LogP contribution in [-0.2, 0) is 9.47 Å². The number of para-hydroxylation sites is 2. The van der Waals surface area contributed by atoms with E-state index in [2.05, 4.69) is 24.5 Å². The number of rotatable bonds is 8.